The van der Waals surface area contributed by atoms with Gasteiger partial charge in [0.15, 0.2) is 0 Å². The average Bonchev–Trinajstić information content (AvgIpc) is 2.97. The molecule has 4 nitrogen and oxygen atoms in total. The molecule has 1 fully saturated rings. The highest BCUT2D eigenvalue weighted by atomic mass is 32.1. The van der Waals surface area contributed by atoms with E-state index in [1.54, 1.807) is 0 Å². The molecule has 0 bridgehead atoms. The van der Waals surface area contributed by atoms with Crippen LogP contribution in [0.4, 0.5) is 0 Å². The van der Waals surface area contributed by atoms with Gasteiger partial charge in [-0.05, 0) is 41.8 Å². The Morgan fingerprint density at radius 3 is 3.06 bits per heavy atom. The number of hydrogen-bond acceptors (Lipinski definition) is 4. The fraction of sp³-hybridized carbons (Fsp3) is 0.615. The Morgan fingerprint density at radius 1 is 1.67 bits per heavy atom. The molecule has 0 aliphatic carbocycles. The molecule has 3 N–H and O–H groups in total. The Balaban J connectivity index is 1.99. The second-order valence-corrected chi connectivity index (χ2v) is 6.19. The first-order valence-corrected chi connectivity index (χ1v) is 7.29. The predicted octanol–water partition coefficient (Wildman–Crippen LogP) is 1.83. The van der Waals surface area contributed by atoms with E-state index in [1.807, 2.05) is 11.4 Å². The Morgan fingerprint density at radius 2 is 2.44 bits per heavy atom. The van der Waals surface area contributed by atoms with Gasteiger partial charge in [0.1, 0.15) is 0 Å². The normalized spacial score (nSPS) is 20.6. The van der Waals surface area contributed by atoms with Gasteiger partial charge in [-0.15, -0.1) is 11.3 Å². The Labute approximate surface area is 112 Å². The number of hydrogen-bond donors (Lipinski definition) is 2. The summed E-state index contributed by atoms with van der Waals surface area (Å²) in [5, 5.41) is 1.95. The minimum atomic E-state index is -0.181. The Hall–Kier alpha value is -0.910. The molecular weight excluding hydrogens is 246 g/mol. The first-order chi connectivity index (χ1) is 8.61. The van der Waals surface area contributed by atoms with Crippen LogP contribution >= 0.6 is 11.3 Å². The summed E-state index contributed by atoms with van der Waals surface area (Å²) in [4.78, 5) is 14.8. The van der Waals surface area contributed by atoms with Crippen LogP contribution in [0.15, 0.2) is 11.4 Å². The van der Waals surface area contributed by atoms with Gasteiger partial charge in [0.2, 0.25) is 0 Å². The number of hydrazine groups is 1. The first kappa shape index (κ1) is 13.5. The van der Waals surface area contributed by atoms with Gasteiger partial charge in [-0.3, -0.25) is 15.1 Å². The van der Waals surface area contributed by atoms with Crippen LogP contribution in [0.5, 0.6) is 0 Å². The number of carbonyl (C=O) groups is 1. The lowest BCUT2D eigenvalue weighted by Gasteiger charge is -2.17. The zero-order chi connectivity index (χ0) is 13.1. The molecule has 1 unspecified atom stereocenters. The zero-order valence-corrected chi connectivity index (χ0v) is 11.8. The lowest BCUT2D eigenvalue weighted by Crippen LogP contribution is -2.30. The molecular formula is C13H21N3OS. The van der Waals surface area contributed by atoms with Crippen molar-refractivity contribution in [3.8, 4) is 0 Å². The van der Waals surface area contributed by atoms with E-state index >= 15 is 0 Å². The smallest absolute Gasteiger partial charge is 0.275 e. The highest BCUT2D eigenvalue weighted by Gasteiger charge is 2.25. The standard InChI is InChI=1S/C13H21N3OS/c1-9(2)10-3-5-16(7-10)8-11-4-6-18-12(11)13(17)15-14/h4,6,9-10H,3,5,7-8,14H2,1-2H3,(H,15,17). The van der Waals surface area contributed by atoms with Gasteiger partial charge >= 0.3 is 0 Å². The van der Waals surface area contributed by atoms with E-state index in [2.05, 4.69) is 24.2 Å². The number of likely N-dealkylation sites (tertiary alicyclic amines) is 1. The molecule has 18 heavy (non-hydrogen) atoms. The summed E-state index contributed by atoms with van der Waals surface area (Å²) < 4.78 is 0. The monoisotopic (exact) mass is 267 g/mol. The van der Waals surface area contributed by atoms with Crippen LogP contribution in [0, 0.1) is 11.8 Å². The highest BCUT2D eigenvalue weighted by molar-refractivity contribution is 7.12. The minimum absolute atomic E-state index is 0.181. The van der Waals surface area contributed by atoms with E-state index in [-0.39, 0.29) is 5.91 Å². The third kappa shape index (κ3) is 2.91. The topological polar surface area (TPSA) is 58.4 Å². The molecule has 1 aromatic rings. The van der Waals surface area contributed by atoms with Crippen LogP contribution in [0.3, 0.4) is 0 Å². The van der Waals surface area contributed by atoms with Crippen molar-refractivity contribution in [1.82, 2.24) is 10.3 Å². The van der Waals surface area contributed by atoms with Crippen LogP contribution in [-0.4, -0.2) is 23.9 Å². The van der Waals surface area contributed by atoms with Gasteiger partial charge < -0.3 is 0 Å². The van der Waals surface area contributed by atoms with Gasteiger partial charge in [-0.25, -0.2) is 5.84 Å². The second kappa shape index (κ2) is 5.82. The molecule has 5 heteroatoms. The minimum Gasteiger partial charge on any atom is -0.299 e. The van der Waals surface area contributed by atoms with E-state index in [4.69, 9.17) is 5.84 Å². The molecule has 1 aromatic heterocycles. The number of thiophene rings is 1. The Bertz CT molecular complexity index is 416. The zero-order valence-electron chi connectivity index (χ0n) is 11.0. The molecule has 1 aliphatic heterocycles. The lowest BCUT2D eigenvalue weighted by molar-refractivity contribution is 0.0956. The molecule has 2 rings (SSSR count). The van der Waals surface area contributed by atoms with Crippen LogP contribution in [-0.2, 0) is 6.54 Å². The van der Waals surface area contributed by atoms with E-state index in [9.17, 15) is 4.79 Å². The average molecular weight is 267 g/mol. The molecule has 1 aliphatic rings. The Kier molecular flexibility index (Phi) is 4.37. The number of nitrogen functional groups attached to an aromatic ring is 1. The summed E-state index contributed by atoms with van der Waals surface area (Å²) in [6.07, 6.45) is 1.26. The van der Waals surface area contributed by atoms with E-state index in [0.29, 0.717) is 0 Å². The van der Waals surface area contributed by atoms with Crippen molar-refractivity contribution in [2.45, 2.75) is 26.8 Å². The van der Waals surface area contributed by atoms with Crippen molar-refractivity contribution in [1.29, 1.82) is 0 Å². The number of nitrogens with one attached hydrogen (secondary N) is 1. The largest absolute Gasteiger partial charge is 0.299 e. The van der Waals surface area contributed by atoms with Crippen LogP contribution in [0.2, 0.25) is 0 Å². The highest BCUT2D eigenvalue weighted by Crippen LogP contribution is 2.26. The number of carbonyl (C=O) groups excluding carboxylic acids is 1. The third-order valence-electron chi connectivity index (χ3n) is 3.73. The predicted molar refractivity (Wildman–Crippen MR) is 74.2 cm³/mol. The molecule has 2 heterocycles. The molecule has 0 spiro atoms. The fourth-order valence-corrected chi connectivity index (χ4v) is 3.33. The summed E-state index contributed by atoms with van der Waals surface area (Å²) in [5.74, 6) is 6.54. The summed E-state index contributed by atoms with van der Waals surface area (Å²) in [6.45, 7) is 7.69. The van der Waals surface area contributed by atoms with Crippen molar-refractivity contribution in [3.63, 3.8) is 0 Å². The van der Waals surface area contributed by atoms with E-state index in [1.165, 1.54) is 17.8 Å². The van der Waals surface area contributed by atoms with Gasteiger partial charge in [0, 0.05) is 13.1 Å². The van der Waals surface area contributed by atoms with Crippen LogP contribution < -0.4 is 11.3 Å². The van der Waals surface area contributed by atoms with E-state index < -0.39 is 0 Å². The molecule has 1 saturated heterocycles. The summed E-state index contributed by atoms with van der Waals surface area (Å²) in [6, 6.07) is 2.03. The third-order valence-corrected chi connectivity index (χ3v) is 4.69. The van der Waals surface area contributed by atoms with Gasteiger partial charge in [0.25, 0.3) is 5.91 Å². The van der Waals surface area contributed by atoms with Crippen molar-refractivity contribution in [3.05, 3.63) is 21.9 Å². The molecule has 0 radical (unpaired) electrons. The number of nitrogens with two attached hydrogens (primary N) is 1. The molecule has 0 saturated carbocycles. The molecule has 1 atom stereocenters. The fourth-order valence-electron chi connectivity index (χ4n) is 2.52. The van der Waals surface area contributed by atoms with Crippen molar-refractivity contribution in [2.24, 2.45) is 17.7 Å². The number of amides is 1. The quantitative estimate of drug-likeness (QED) is 0.497. The molecule has 1 amide bonds. The molecule has 100 valence electrons. The number of nitrogens with zero attached hydrogens (tertiary/aromatic N) is 1. The summed E-state index contributed by atoms with van der Waals surface area (Å²) in [7, 11) is 0. The first-order valence-electron chi connectivity index (χ1n) is 6.41. The van der Waals surface area contributed by atoms with Crippen molar-refractivity contribution in [2.75, 3.05) is 13.1 Å². The van der Waals surface area contributed by atoms with Crippen molar-refractivity contribution < 1.29 is 4.79 Å². The summed E-state index contributed by atoms with van der Waals surface area (Å²) in [5.41, 5.74) is 3.30. The van der Waals surface area contributed by atoms with E-state index in [0.717, 1.165) is 41.9 Å². The van der Waals surface area contributed by atoms with Gasteiger partial charge in [0.05, 0.1) is 4.88 Å². The van der Waals surface area contributed by atoms with Gasteiger partial charge in [-0.2, -0.15) is 0 Å². The maximum Gasteiger partial charge on any atom is 0.275 e. The van der Waals surface area contributed by atoms with Crippen LogP contribution in [0.1, 0.15) is 35.5 Å². The van der Waals surface area contributed by atoms with Gasteiger partial charge in [-0.1, -0.05) is 13.8 Å². The second-order valence-electron chi connectivity index (χ2n) is 5.28. The summed E-state index contributed by atoms with van der Waals surface area (Å²) >= 11 is 1.45. The SMILES string of the molecule is CC(C)C1CCN(Cc2ccsc2C(=O)NN)C1. The number of rotatable bonds is 4. The maximum absolute atomic E-state index is 11.6. The maximum atomic E-state index is 11.6. The lowest BCUT2D eigenvalue weighted by atomic mass is 9.95. The van der Waals surface area contributed by atoms with Crippen LogP contribution in [0.25, 0.3) is 0 Å². The molecule has 0 aromatic carbocycles. The van der Waals surface area contributed by atoms with Crippen molar-refractivity contribution >= 4 is 17.2 Å².